The van der Waals surface area contributed by atoms with Gasteiger partial charge in [0, 0.05) is 5.39 Å². The Hall–Kier alpha value is -5.22. The Labute approximate surface area is 218 Å². The van der Waals surface area contributed by atoms with Crippen molar-refractivity contribution in [2.24, 2.45) is 0 Å². The minimum absolute atomic E-state index is 0.0769. The van der Waals surface area contributed by atoms with E-state index in [4.69, 9.17) is 9.72 Å². The average Bonchev–Trinajstić information content (AvgIpc) is 3.55. The van der Waals surface area contributed by atoms with E-state index in [1.54, 1.807) is 6.07 Å². The second kappa shape index (κ2) is 9.68. The number of rotatable bonds is 5. The van der Waals surface area contributed by atoms with Crippen LogP contribution < -0.4 is 0 Å². The number of carbonyl (C=O) groups excluding carboxylic acids is 1. The zero-order chi connectivity index (χ0) is 26.1. The van der Waals surface area contributed by atoms with Gasteiger partial charge in [-0.05, 0) is 53.8 Å². The van der Waals surface area contributed by atoms with Crippen LogP contribution in [-0.4, -0.2) is 32.6 Å². The van der Waals surface area contributed by atoms with Crippen molar-refractivity contribution in [1.82, 2.24) is 15.0 Å². The zero-order valence-electron chi connectivity index (χ0n) is 20.3. The van der Waals surface area contributed by atoms with Gasteiger partial charge in [-0.15, -0.1) is 0 Å². The summed E-state index contributed by atoms with van der Waals surface area (Å²) in [5.41, 5.74) is 6.21. The monoisotopic (exact) mass is 498 g/mol. The summed E-state index contributed by atoms with van der Waals surface area (Å²) in [4.78, 5) is 25.7. The van der Waals surface area contributed by atoms with Crippen molar-refractivity contribution in [2.45, 2.75) is 12.8 Å². The third-order valence-corrected chi connectivity index (χ3v) is 6.65. The number of carbonyl (C=O) groups is 1. The quantitative estimate of drug-likeness (QED) is 0.168. The molecule has 184 valence electrons. The Balaban J connectivity index is 1.34. The molecule has 0 saturated carbocycles. The smallest absolute Gasteiger partial charge is 0.339 e. The van der Waals surface area contributed by atoms with Crippen LogP contribution in [0.1, 0.15) is 39.4 Å². The summed E-state index contributed by atoms with van der Waals surface area (Å²) in [6.45, 7) is -0.461. The standard InChI is InChI=1S/C31H22N4O3/c32-17-23(30-34-25-12-6-7-13-26(25)35-30)27(36)18-38-31(37)28-21-10-4-5-11-24(21)33-29-20(14-15-22(28)29)16-19-8-2-1-3-9-19/h1-13,16,36H,14-15,18H2,(H,34,35). The molecule has 0 amide bonds. The maximum Gasteiger partial charge on any atom is 0.339 e. The maximum absolute atomic E-state index is 13.5. The summed E-state index contributed by atoms with van der Waals surface area (Å²) in [6, 6.07) is 26.8. The molecular formula is C31H22N4O3. The van der Waals surface area contributed by atoms with E-state index in [1.807, 2.05) is 78.9 Å². The molecule has 0 spiro atoms. The largest absolute Gasteiger partial charge is 0.507 e. The number of esters is 1. The summed E-state index contributed by atoms with van der Waals surface area (Å²) < 4.78 is 5.57. The number of benzene rings is 3. The van der Waals surface area contributed by atoms with Crippen LogP contribution in [0.4, 0.5) is 0 Å². The SMILES string of the molecule is N#CC(=C(O)COC(=O)c1c2c(nc3ccccc13)C(=Cc1ccccc1)CC2)c1nc2ccccc2[nH]1. The van der Waals surface area contributed by atoms with Gasteiger partial charge in [-0.25, -0.2) is 14.8 Å². The van der Waals surface area contributed by atoms with Crippen molar-refractivity contribution in [3.63, 3.8) is 0 Å². The number of para-hydroxylation sites is 3. The molecule has 0 saturated heterocycles. The molecule has 0 bridgehead atoms. The third-order valence-electron chi connectivity index (χ3n) is 6.65. The number of imidazole rings is 1. The number of nitrogens with zero attached hydrogens (tertiary/aromatic N) is 3. The summed E-state index contributed by atoms with van der Waals surface area (Å²) in [7, 11) is 0. The molecule has 7 nitrogen and oxygen atoms in total. The Kier molecular flexibility index (Phi) is 5.91. The van der Waals surface area contributed by atoms with Crippen LogP contribution in [0.5, 0.6) is 0 Å². The van der Waals surface area contributed by atoms with E-state index in [0.29, 0.717) is 28.4 Å². The van der Waals surface area contributed by atoms with Gasteiger partial charge in [-0.1, -0.05) is 60.7 Å². The first-order valence-electron chi connectivity index (χ1n) is 12.2. The molecule has 0 aliphatic heterocycles. The minimum Gasteiger partial charge on any atom is -0.507 e. The molecule has 2 N–H and O–H groups in total. The summed E-state index contributed by atoms with van der Waals surface area (Å²) >= 11 is 0. The van der Waals surface area contributed by atoms with E-state index >= 15 is 0 Å². The number of H-pyrrole nitrogens is 1. The lowest BCUT2D eigenvalue weighted by atomic mass is 10.0. The van der Waals surface area contributed by atoms with Gasteiger partial charge in [0.25, 0.3) is 0 Å². The van der Waals surface area contributed by atoms with Gasteiger partial charge in [0.15, 0.2) is 11.6 Å². The molecule has 6 rings (SSSR count). The van der Waals surface area contributed by atoms with Crippen LogP contribution in [0.25, 0.3) is 39.2 Å². The fraction of sp³-hybridized carbons (Fsp3) is 0.0968. The number of nitriles is 1. The predicted octanol–water partition coefficient (Wildman–Crippen LogP) is 6.25. The fourth-order valence-electron chi connectivity index (χ4n) is 4.87. The molecule has 1 aliphatic rings. The van der Waals surface area contributed by atoms with Crippen LogP contribution in [0, 0.1) is 11.3 Å². The van der Waals surface area contributed by atoms with E-state index in [1.165, 1.54) is 0 Å². The number of hydrogen-bond donors (Lipinski definition) is 2. The van der Waals surface area contributed by atoms with Crippen LogP contribution in [0.3, 0.4) is 0 Å². The molecule has 3 aromatic carbocycles. The average molecular weight is 499 g/mol. The lowest BCUT2D eigenvalue weighted by molar-refractivity contribution is 0.0504. The van der Waals surface area contributed by atoms with Gasteiger partial charge in [-0.2, -0.15) is 5.26 Å². The van der Waals surface area contributed by atoms with Crippen LogP contribution in [-0.2, 0) is 11.2 Å². The number of aliphatic hydroxyl groups excluding tert-OH is 1. The maximum atomic E-state index is 13.5. The van der Waals surface area contributed by atoms with Crippen LogP contribution in [0.15, 0.2) is 84.6 Å². The molecule has 7 heteroatoms. The van der Waals surface area contributed by atoms with E-state index in [2.05, 4.69) is 16.0 Å². The first-order chi connectivity index (χ1) is 18.6. The van der Waals surface area contributed by atoms with Crippen LogP contribution in [0.2, 0.25) is 0 Å². The Morgan fingerprint density at radius 1 is 0.974 bits per heavy atom. The fourth-order valence-corrected chi connectivity index (χ4v) is 4.87. The molecule has 0 atom stereocenters. The first-order valence-corrected chi connectivity index (χ1v) is 12.2. The van der Waals surface area contributed by atoms with E-state index in [9.17, 15) is 15.2 Å². The van der Waals surface area contributed by atoms with Gasteiger partial charge in [0.1, 0.15) is 18.2 Å². The molecule has 0 unspecified atom stereocenters. The van der Waals surface area contributed by atoms with Gasteiger partial charge in [-0.3, -0.25) is 0 Å². The van der Waals surface area contributed by atoms with Crippen molar-refractivity contribution >= 4 is 45.1 Å². The van der Waals surface area contributed by atoms with Crippen molar-refractivity contribution in [3.8, 4) is 6.07 Å². The molecule has 2 aromatic heterocycles. The van der Waals surface area contributed by atoms with Crippen LogP contribution >= 0.6 is 0 Å². The van der Waals surface area contributed by atoms with Crippen molar-refractivity contribution < 1.29 is 14.6 Å². The summed E-state index contributed by atoms with van der Waals surface area (Å²) in [5.74, 6) is -0.734. The summed E-state index contributed by atoms with van der Waals surface area (Å²) in [6.07, 6.45) is 3.51. The summed E-state index contributed by atoms with van der Waals surface area (Å²) in [5, 5.41) is 21.1. The van der Waals surface area contributed by atoms with Crippen molar-refractivity contribution in [3.05, 3.63) is 113 Å². The highest BCUT2D eigenvalue weighted by Crippen LogP contribution is 2.38. The van der Waals surface area contributed by atoms with Gasteiger partial charge in [0.2, 0.25) is 0 Å². The molecule has 5 aromatic rings. The number of aliphatic hydroxyl groups is 1. The number of fused-ring (bicyclic) bond motifs is 3. The third kappa shape index (κ3) is 4.18. The number of aromatic amines is 1. The van der Waals surface area contributed by atoms with Gasteiger partial charge < -0.3 is 14.8 Å². The molecule has 0 fully saturated rings. The predicted molar refractivity (Wildman–Crippen MR) is 146 cm³/mol. The Bertz CT molecular complexity index is 1780. The second-order valence-electron chi connectivity index (χ2n) is 9.02. The number of ether oxygens (including phenoxy) is 1. The van der Waals surface area contributed by atoms with E-state index in [-0.39, 0.29) is 17.2 Å². The minimum atomic E-state index is -0.575. The molecule has 1 aliphatic carbocycles. The first kappa shape index (κ1) is 23.2. The molecule has 0 radical (unpaired) electrons. The van der Waals surface area contributed by atoms with Gasteiger partial charge in [0.05, 0.1) is 27.8 Å². The zero-order valence-corrected chi connectivity index (χ0v) is 20.3. The number of nitrogens with one attached hydrogen (secondary N) is 1. The van der Waals surface area contributed by atoms with E-state index < -0.39 is 12.6 Å². The highest BCUT2D eigenvalue weighted by atomic mass is 16.5. The molecule has 38 heavy (non-hydrogen) atoms. The topological polar surface area (TPSA) is 112 Å². The molecular weight excluding hydrogens is 476 g/mol. The number of allylic oxidation sites excluding steroid dienone is 2. The highest BCUT2D eigenvalue weighted by Gasteiger charge is 2.28. The van der Waals surface area contributed by atoms with E-state index in [0.717, 1.165) is 34.3 Å². The number of aromatic nitrogens is 3. The normalized spacial score (nSPS) is 14.3. The Morgan fingerprint density at radius 2 is 1.71 bits per heavy atom. The highest BCUT2D eigenvalue weighted by molar-refractivity contribution is 6.07. The molecule has 2 heterocycles. The lowest BCUT2D eigenvalue weighted by Crippen LogP contribution is -2.13. The van der Waals surface area contributed by atoms with Crippen molar-refractivity contribution in [1.29, 1.82) is 5.26 Å². The number of pyridine rings is 1. The van der Waals surface area contributed by atoms with Crippen molar-refractivity contribution in [2.75, 3.05) is 6.61 Å². The lowest BCUT2D eigenvalue weighted by Gasteiger charge is -2.12. The number of hydrogen-bond acceptors (Lipinski definition) is 6. The van der Waals surface area contributed by atoms with Gasteiger partial charge >= 0.3 is 5.97 Å². The second-order valence-corrected chi connectivity index (χ2v) is 9.02. The Morgan fingerprint density at radius 3 is 2.50 bits per heavy atom.